The molecule has 2 aromatic carbocycles. The zero-order chi connectivity index (χ0) is 13.7. The molecule has 0 aliphatic carbocycles. The molecule has 19 heavy (non-hydrogen) atoms. The second kappa shape index (κ2) is 5.92. The van der Waals surface area contributed by atoms with Gasteiger partial charge in [0.2, 0.25) is 0 Å². The van der Waals surface area contributed by atoms with E-state index in [-0.39, 0.29) is 0 Å². The monoisotopic (exact) mass is 252 g/mol. The predicted octanol–water partition coefficient (Wildman–Crippen LogP) is 3.68. The Bertz CT molecular complexity index is 602. The first-order chi connectivity index (χ1) is 9.26. The Labute approximate surface area is 113 Å². The van der Waals surface area contributed by atoms with Crippen molar-refractivity contribution in [1.29, 1.82) is 5.26 Å². The fourth-order valence-electron chi connectivity index (χ4n) is 2.01. The highest BCUT2D eigenvalue weighted by molar-refractivity contribution is 5.58. The quantitative estimate of drug-likeness (QED) is 0.902. The number of benzene rings is 2. The third-order valence-electron chi connectivity index (χ3n) is 3.04. The van der Waals surface area contributed by atoms with E-state index in [1.807, 2.05) is 55.5 Å². The van der Waals surface area contributed by atoms with Crippen LogP contribution in [0.3, 0.4) is 0 Å². The molecular formula is C16H16N2O. The summed E-state index contributed by atoms with van der Waals surface area (Å²) in [5.41, 5.74) is 2.90. The zero-order valence-corrected chi connectivity index (χ0v) is 11.1. The number of nitrogens with one attached hydrogen (secondary N) is 1. The van der Waals surface area contributed by atoms with Gasteiger partial charge >= 0.3 is 0 Å². The SMILES string of the molecule is COc1ccccc1NC(C#N)c1ccccc1C. The molecule has 0 heterocycles. The van der Waals surface area contributed by atoms with Crippen molar-refractivity contribution in [3.8, 4) is 11.8 Å². The number of hydrogen-bond donors (Lipinski definition) is 1. The van der Waals surface area contributed by atoms with Crippen LogP contribution in [0.1, 0.15) is 17.2 Å². The van der Waals surface area contributed by atoms with Gasteiger partial charge in [0.05, 0.1) is 18.9 Å². The third kappa shape index (κ3) is 2.86. The van der Waals surface area contributed by atoms with Crippen molar-refractivity contribution in [1.82, 2.24) is 0 Å². The fourth-order valence-corrected chi connectivity index (χ4v) is 2.01. The molecule has 0 aliphatic rings. The summed E-state index contributed by atoms with van der Waals surface area (Å²) in [5, 5.41) is 12.6. The highest BCUT2D eigenvalue weighted by atomic mass is 16.5. The Morgan fingerprint density at radius 3 is 2.47 bits per heavy atom. The maximum Gasteiger partial charge on any atom is 0.141 e. The van der Waals surface area contributed by atoms with Crippen LogP contribution in [-0.4, -0.2) is 7.11 Å². The molecule has 2 rings (SSSR count). The molecule has 0 aromatic heterocycles. The maximum absolute atomic E-state index is 9.38. The minimum Gasteiger partial charge on any atom is -0.495 e. The van der Waals surface area contributed by atoms with Crippen molar-refractivity contribution in [3.63, 3.8) is 0 Å². The molecule has 0 bridgehead atoms. The molecule has 3 nitrogen and oxygen atoms in total. The van der Waals surface area contributed by atoms with Gasteiger partial charge in [-0.1, -0.05) is 36.4 Å². The van der Waals surface area contributed by atoms with Crippen LogP contribution >= 0.6 is 0 Å². The van der Waals surface area contributed by atoms with E-state index in [1.54, 1.807) is 7.11 Å². The van der Waals surface area contributed by atoms with Crippen molar-refractivity contribution in [3.05, 3.63) is 59.7 Å². The summed E-state index contributed by atoms with van der Waals surface area (Å²) in [6.45, 7) is 2.00. The van der Waals surface area contributed by atoms with Crippen LogP contribution in [0.4, 0.5) is 5.69 Å². The summed E-state index contributed by atoms with van der Waals surface area (Å²) in [5.74, 6) is 0.733. The fraction of sp³-hybridized carbons (Fsp3) is 0.188. The minimum atomic E-state index is -0.391. The Hall–Kier alpha value is -2.47. The number of nitriles is 1. The standard InChI is InChI=1S/C16H16N2O/c1-12-7-3-4-8-13(12)15(11-17)18-14-9-5-6-10-16(14)19-2/h3-10,15,18H,1-2H3. The summed E-state index contributed by atoms with van der Waals surface area (Å²) < 4.78 is 5.28. The van der Waals surface area contributed by atoms with Gasteiger partial charge in [0.1, 0.15) is 11.8 Å². The van der Waals surface area contributed by atoms with Crippen molar-refractivity contribution in [2.75, 3.05) is 12.4 Å². The number of ether oxygens (including phenoxy) is 1. The zero-order valence-electron chi connectivity index (χ0n) is 11.1. The molecule has 96 valence electrons. The Balaban J connectivity index is 2.30. The molecule has 1 N–H and O–H groups in total. The topological polar surface area (TPSA) is 45.0 Å². The van der Waals surface area contributed by atoms with E-state index >= 15 is 0 Å². The van der Waals surface area contributed by atoms with E-state index in [2.05, 4.69) is 11.4 Å². The van der Waals surface area contributed by atoms with E-state index in [0.29, 0.717) is 0 Å². The first-order valence-corrected chi connectivity index (χ1v) is 6.11. The first-order valence-electron chi connectivity index (χ1n) is 6.11. The van der Waals surface area contributed by atoms with Gasteiger partial charge in [0, 0.05) is 0 Å². The largest absolute Gasteiger partial charge is 0.495 e. The lowest BCUT2D eigenvalue weighted by molar-refractivity contribution is 0.416. The molecule has 0 saturated carbocycles. The van der Waals surface area contributed by atoms with Crippen molar-refractivity contribution in [2.45, 2.75) is 13.0 Å². The molecule has 1 unspecified atom stereocenters. The number of anilines is 1. The number of para-hydroxylation sites is 2. The summed E-state index contributed by atoms with van der Waals surface area (Å²) in [6.07, 6.45) is 0. The van der Waals surface area contributed by atoms with Gasteiger partial charge in [0.25, 0.3) is 0 Å². The smallest absolute Gasteiger partial charge is 0.141 e. The van der Waals surface area contributed by atoms with Gasteiger partial charge in [-0.05, 0) is 30.2 Å². The van der Waals surface area contributed by atoms with Crippen LogP contribution in [-0.2, 0) is 0 Å². The Kier molecular flexibility index (Phi) is 4.04. The van der Waals surface area contributed by atoms with E-state index < -0.39 is 6.04 Å². The molecule has 0 aliphatic heterocycles. The van der Waals surface area contributed by atoms with E-state index in [9.17, 15) is 5.26 Å². The Morgan fingerprint density at radius 1 is 1.11 bits per heavy atom. The summed E-state index contributed by atoms with van der Waals surface area (Å²) >= 11 is 0. The third-order valence-corrected chi connectivity index (χ3v) is 3.04. The molecule has 0 radical (unpaired) electrons. The summed E-state index contributed by atoms with van der Waals surface area (Å²) in [6, 6.07) is 17.4. The Morgan fingerprint density at radius 2 is 1.79 bits per heavy atom. The number of hydrogen-bond acceptors (Lipinski definition) is 3. The average Bonchev–Trinajstić information content (AvgIpc) is 2.46. The van der Waals surface area contributed by atoms with Crippen molar-refractivity contribution < 1.29 is 4.74 Å². The van der Waals surface area contributed by atoms with Gasteiger partial charge in [-0.15, -0.1) is 0 Å². The van der Waals surface area contributed by atoms with Crippen molar-refractivity contribution in [2.24, 2.45) is 0 Å². The summed E-state index contributed by atoms with van der Waals surface area (Å²) in [4.78, 5) is 0. The van der Waals surface area contributed by atoms with Crippen LogP contribution < -0.4 is 10.1 Å². The number of aryl methyl sites for hydroxylation is 1. The lowest BCUT2D eigenvalue weighted by atomic mass is 10.0. The van der Waals surface area contributed by atoms with Crippen LogP contribution in [0.5, 0.6) is 5.75 Å². The summed E-state index contributed by atoms with van der Waals surface area (Å²) in [7, 11) is 1.62. The van der Waals surface area contributed by atoms with Gasteiger partial charge in [-0.3, -0.25) is 0 Å². The molecule has 2 aromatic rings. The molecule has 0 saturated heterocycles. The number of nitrogens with zero attached hydrogens (tertiary/aromatic N) is 1. The van der Waals surface area contributed by atoms with Gasteiger partial charge in [0.15, 0.2) is 0 Å². The molecule has 1 atom stereocenters. The number of methoxy groups -OCH3 is 1. The normalized spacial score (nSPS) is 11.4. The van der Waals surface area contributed by atoms with Crippen LogP contribution in [0.2, 0.25) is 0 Å². The molecule has 0 spiro atoms. The van der Waals surface area contributed by atoms with E-state index in [0.717, 1.165) is 22.6 Å². The van der Waals surface area contributed by atoms with Crippen molar-refractivity contribution >= 4 is 5.69 Å². The molecular weight excluding hydrogens is 236 g/mol. The highest BCUT2D eigenvalue weighted by Gasteiger charge is 2.14. The molecule has 3 heteroatoms. The highest BCUT2D eigenvalue weighted by Crippen LogP contribution is 2.28. The predicted molar refractivity (Wildman–Crippen MR) is 76.1 cm³/mol. The first kappa shape index (κ1) is 13.0. The van der Waals surface area contributed by atoms with E-state index in [4.69, 9.17) is 4.74 Å². The van der Waals surface area contributed by atoms with Gasteiger partial charge in [-0.25, -0.2) is 0 Å². The van der Waals surface area contributed by atoms with Crippen LogP contribution in [0.15, 0.2) is 48.5 Å². The molecule has 0 fully saturated rings. The van der Waals surface area contributed by atoms with E-state index in [1.165, 1.54) is 0 Å². The molecule has 0 amide bonds. The average molecular weight is 252 g/mol. The van der Waals surface area contributed by atoms with Gasteiger partial charge in [-0.2, -0.15) is 5.26 Å². The minimum absolute atomic E-state index is 0.391. The second-order valence-electron chi connectivity index (χ2n) is 4.26. The maximum atomic E-state index is 9.38. The lowest BCUT2D eigenvalue weighted by Crippen LogP contribution is -2.10. The van der Waals surface area contributed by atoms with Gasteiger partial charge < -0.3 is 10.1 Å². The lowest BCUT2D eigenvalue weighted by Gasteiger charge is -2.17. The van der Waals surface area contributed by atoms with Crippen LogP contribution in [0.25, 0.3) is 0 Å². The second-order valence-corrected chi connectivity index (χ2v) is 4.26. The number of rotatable bonds is 4. The van der Waals surface area contributed by atoms with Crippen LogP contribution in [0, 0.1) is 18.3 Å².